The number of rotatable bonds is 4. The van der Waals surface area contributed by atoms with Gasteiger partial charge in [-0.15, -0.1) is 0 Å². The fraction of sp³-hybridized carbons (Fsp3) is 0.296. The van der Waals surface area contributed by atoms with E-state index >= 15 is 4.39 Å². The lowest BCUT2D eigenvalue weighted by Crippen LogP contribution is -2.56. The van der Waals surface area contributed by atoms with Crippen LogP contribution < -0.4 is 10.1 Å². The fourth-order valence-electron chi connectivity index (χ4n) is 4.84. The highest BCUT2D eigenvalue weighted by molar-refractivity contribution is 8.14. The number of ether oxygens (including phenoxy) is 2. The monoisotopic (exact) mass is 509 g/mol. The van der Waals surface area contributed by atoms with E-state index in [1.807, 2.05) is 19.1 Å². The molecule has 1 aromatic heterocycles. The lowest BCUT2D eigenvalue weighted by atomic mass is 9.63. The third-order valence-electron chi connectivity index (χ3n) is 6.92. The number of carbonyl (C=O) groups is 1. The molecule has 1 saturated heterocycles. The number of hydrogen-bond acceptors (Lipinski definition) is 6. The molecule has 0 spiro atoms. The molecule has 3 atom stereocenters. The second-order valence-electron chi connectivity index (χ2n) is 9.21. The molecule has 2 aromatic carbocycles. The molecule has 0 saturated carbocycles. The summed E-state index contributed by atoms with van der Waals surface area (Å²) < 4.78 is 40.5. The molecule has 0 aliphatic carbocycles. The van der Waals surface area contributed by atoms with Gasteiger partial charge in [0, 0.05) is 40.6 Å². The summed E-state index contributed by atoms with van der Waals surface area (Å²) in [5, 5.41) is 3.24. The first-order valence-electron chi connectivity index (χ1n) is 11.5. The zero-order valence-corrected chi connectivity index (χ0v) is 20.6. The van der Waals surface area contributed by atoms with Gasteiger partial charge in [-0.1, -0.05) is 43.0 Å². The van der Waals surface area contributed by atoms with Crippen LogP contribution >= 0.6 is 11.8 Å². The summed E-state index contributed by atoms with van der Waals surface area (Å²) in [6, 6.07) is 16.0. The predicted molar refractivity (Wildman–Crippen MR) is 134 cm³/mol. The van der Waals surface area contributed by atoms with E-state index in [4.69, 9.17) is 14.5 Å². The normalized spacial score (nSPS) is 25.4. The number of nitrogens with zero attached hydrogens (tertiary/aromatic N) is 2. The van der Waals surface area contributed by atoms with Crippen LogP contribution in [-0.2, 0) is 10.3 Å². The van der Waals surface area contributed by atoms with Crippen molar-refractivity contribution in [3.63, 3.8) is 0 Å². The molecule has 2 aliphatic rings. The Labute approximate surface area is 212 Å². The highest BCUT2D eigenvalue weighted by atomic mass is 32.2. The van der Waals surface area contributed by atoms with Crippen LogP contribution in [0.1, 0.15) is 40.9 Å². The van der Waals surface area contributed by atoms with Gasteiger partial charge in [0.05, 0.1) is 19.8 Å². The summed E-state index contributed by atoms with van der Waals surface area (Å²) in [5.41, 5.74) is -0.124. The molecule has 0 bridgehead atoms. The van der Waals surface area contributed by atoms with E-state index in [-0.39, 0.29) is 24.2 Å². The lowest BCUT2D eigenvalue weighted by molar-refractivity contribution is -0.0974. The maximum atomic E-state index is 15.2. The molecular formula is C27H25F2N3O3S. The number of carbonyl (C=O) groups excluding carboxylic acids is 1. The van der Waals surface area contributed by atoms with E-state index in [9.17, 15) is 9.18 Å². The van der Waals surface area contributed by atoms with Crippen molar-refractivity contribution < 1.29 is 23.0 Å². The van der Waals surface area contributed by atoms with Gasteiger partial charge in [0.15, 0.2) is 5.17 Å². The highest BCUT2D eigenvalue weighted by Gasteiger charge is 2.57. The quantitative estimate of drug-likeness (QED) is 0.519. The first kappa shape index (κ1) is 24.4. The maximum absolute atomic E-state index is 15.2. The van der Waals surface area contributed by atoms with Crippen molar-refractivity contribution in [3.8, 4) is 5.88 Å². The van der Waals surface area contributed by atoms with E-state index in [0.717, 1.165) is 11.6 Å². The standard InChI is InChI=1S/C27H25F2N3O3S/c1-26-13-22(18-8-11-23(34-2)30-14-18)35-15-27(26,20-10-9-19(28)12-21(20)29)32-25(36-16-26)31-24(33)17-6-4-3-5-7-17/h3-12,14,22H,13,15-16H2,1-2H3,(H,31,32,33)/t22-,26+,27-/m1/s1. The van der Waals surface area contributed by atoms with Gasteiger partial charge >= 0.3 is 0 Å². The van der Waals surface area contributed by atoms with Crippen LogP contribution in [0.5, 0.6) is 5.88 Å². The van der Waals surface area contributed by atoms with E-state index in [0.29, 0.717) is 28.8 Å². The Hall–Kier alpha value is -3.30. The number of fused-ring (bicyclic) bond motifs is 1. The Bertz CT molecular complexity index is 1310. The second-order valence-corrected chi connectivity index (χ2v) is 10.2. The number of aromatic nitrogens is 1. The Kier molecular flexibility index (Phi) is 6.53. The molecule has 3 heterocycles. The molecule has 5 rings (SSSR count). The molecule has 2 aliphatic heterocycles. The van der Waals surface area contributed by atoms with E-state index < -0.39 is 22.6 Å². The van der Waals surface area contributed by atoms with Crippen molar-refractivity contribution in [2.24, 2.45) is 10.4 Å². The number of thioether (sulfide) groups is 1. The number of nitrogens with one attached hydrogen (secondary N) is 1. The van der Waals surface area contributed by atoms with Gasteiger partial charge in [-0.3, -0.25) is 4.79 Å². The van der Waals surface area contributed by atoms with Crippen LogP contribution in [0.15, 0.2) is 71.9 Å². The van der Waals surface area contributed by atoms with Gasteiger partial charge in [-0.2, -0.15) is 0 Å². The molecular weight excluding hydrogens is 484 g/mol. The fourth-order valence-corrected chi connectivity index (χ4v) is 6.04. The van der Waals surface area contributed by atoms with Crippen LogP contribution in [-0.4, -0.2) is 35.5 Å². The Morgan fingerprint density at radius 3 is 2.67 bits per heavy atom. The van der Waals surface area contributed by atoms with Crippen molar-refractivity contribution >= 4 is 22.8 Å². The number of aliphatic imine (C=N–C) groups is 1. The van der Waals surface area contributed by atoms with Gasteiger partial charge in [0.25, 0.3) is 5.91 Å². The molecule has 186 valence electrons. The number of amidine groups is 1. The minimum Gasteiger partial charge on any atom is -0.481 e. The zero-order valence-electron chi connectivity index (χ0n) is 19.8. The molecule has 9 heteroatoms. The van der Waals surface area contributed by atoms with E-state index in [1.54, 1.807) is 43.6 Å². The van der Waals surface area contributed by atoms with Gasteiger partial charge in [0.1, 0.15) is 17.2 Å². The molecule has 1 fully saturated rings. The molecule has 36 heavy (non-hydrogen) atoms. The molecule has 3 aromatic rings. The summed E-state index contributed by atoms with van der Waals surface area (Å²) in [4.78, 5) is 22.0. The molecule has 0 radical (unpaired) electrons. The van der Waals surface area contributed by atoms with Crippen LogP contribution in [0, 0.1) is 17.0 Å². The van der Waals surface area contributed by atoms with Crippen LogP contribution in [0.3, 0.4) is 0 Å². The summed E-state index contributed by atoms with van der Waals surface area (Å²) in [6.07, 6.45) is 1.94. The van der Waals surface area contributed by atoms with Crippen molar-refractivity contribution in [2.45, 2.75) is 25.0 Å². The summed E-state index contributed by atoms with van der Waals surface area (Å²) in [6.45, 7) is 2.09. The Morgan fingerprint density at radius 2 is 1.97 bits per heavy atom. The van der Waals surface area contributed by atoms with Crippen molar-refractivity contribution in [1.29, 1.82) is 0 Å². The SMILES string of the molecule is COc1ccc([C@H]2C[C@@]3(C)CSC(NC(=O)c4ccccc4)=N[C@@]3(c3ccc(F)cc3F)CO2)cn1. The number of halogens is 2. The zero-order chi connectivity index (χ0) is 25.3. The van der Waals surface area contributed by atoms with Gasteiger partial charge < -0.3 is 14.8 Å². The van der Waals surface area contributed by atoms with Crippen molar-refractivity contribution in [2.75, 3.05) is 19.5 Å². The third kappa shape index (κ3) is 4.37. The highest BCUT2D eigenvalue weighted by Crippen LogP contribution is 2.57. The molecule has 6 nitrogen and oxygen atoms in total. The van der Waals surface area contributed by atoms with Crippen molar-refractivity contribution in [3.05, 3.63) is 95.2 Å². The smallest absolute Gasteiger partial charge is 0.257 e. The van der Waals surface area contributed by atoms with Gasteiger partial charge in [0.2, 0.25) is 5.88 Å². The Balaban J connectivity index is 1.52. The minimum absolute atomic E-state index is 0.0496. The number of hydrogen-bond donors (Lipinski definition) is 1. The largest absolute Gasteiger partial charge is 0.481 e. The Morgan fingerprint density at radius 1 is 1.17 bits per heavy atom. The first-order chi connectivity index (χ1) is 17.3. The van der Waals surface area contributed by atoms with Crippen LogP contribution in [0.2, 0.25) is 0 Å². The summed E-state index contributed by atoms with van der Waals surface area (Å²) in [7, 11) is 1.55. The van der Waals surface area contributed by atoms with Gasteiger partial charge in [-0.25, -0.2) is 18.8 Å². The number of benzene rings is 2. The third-order valence-corrected chi connectivity index (χ3v) is 8.17. The van der Waals surface area contributed by atoms with Gasteiger partial charge in [-0.05, 0) is 36.2 Å². The number of pyridine rings is 1. The average Bonchev–Trinajstić information content (AvgIpc) is 2.89. The van der Waals surface area contributed by atoms with Crippen LogP contribution in [0.25, 0.3) is 0 Å². The second kappa shape index (κ2) is 9.63. The average molecular weight is 510 g/mol. The van der Waals surface area contributed by atoms with Crippen molar-refractivity contribution in [1.82, 2.24) is 10.3 Å². The molecule has 1 N–H and O–H groups in total. The van der Waals surface area contributed by atoms with Crippen LogP contribution in [0.4, 0.5) is 8.78 Å². The molecule has 1 amide bonds. The molecule has 0 unspecified atom stereocenters. The minimum atomic E-state index is -1.16. The number of methoxy groups -OCH3 is 1. The summed E-state index contributed by atoms with van der Waals surface area (Å²) >= 11 is 1.41. The number of amides is 1. The van der Waals surface area contributed by atoms with E-state index in [1.165, 1.54) is 23.9 Å². The maximum Gasteiger partial charge on any atom is 0.257 e. The van der Waals surface area contributed by atoms with E-state index in [2.05, 4.69) is 10.3 Å². The topological polar surface area (TPSA) is 72.8 Å². The predicted octanol–water partition coefficient (Wildman–Crippen LogP) is 5.26. The first-order valence-corrected chi connectivity index (χ1v) is 12.5. The summed E-state index contributed by atoms with van der Waals surface area (Å²) in [5.74, 6) is -0.626. The lowest BCUT2D eigenvalue weighted by Gasteiger charge is -2.53.